The smallest absolute Gasteiger partial charge is 0.356 e. The predicted molar refractivity (Wildman–Crippen MR) is 133 cm³/mol. The number of carboxylic acids is 1. The number of hydrogen-bond acceptors (Lipinski definition) is 5. The number of carbonyl (C=O) groups is 2. The first-order chi connectivity index (χ1) is 16.8. The van der Waals surface area contributed by atoms with Gasteiger partial charge in [-0.15, -0.1) is 0 Å². The molecule has 1 aromatic heterocycles. The van der Waals surface area contributed by atoms with Crippen molar-refractivity contribution in [1.82, 2.24) is 9.55 Å². The highest BCUT2D eigenvalue weighted by atomic mass is 19.1. The molecule has 0 radical (unpaired) electrons. The van der Waals surface area contributed by atoms with Crippen molar-refractivity contribution in [2.75, 3.05) is 0 Å². The van der Waals surface area contributed by atoms with Crippen molar-refractivity contribution in [1.29, 1.82) is 0 Å². The monoisotopic (exact) mass is 500 g/mol. The van der Waals surface area contributed by atoms with Crippen LogP contribution in [0.3, 0.4) is 0 Å². The summed E-state index contributed by atoms with van der Waals surface area (Å²) in [6.07, 6.45) is 4.22. The van der Waals surface area contributed by atoms with Gasteiger partial charge in [-0.3, -0.25) is 4.79 Å². The molecule has 36 heavy (non-hydrogen) atoms. The van der Waals surface area contributed by atoms with Crippen LogP contribution in [0.25, 0.3) is 11.4 Å². The molecule has 0 bridgehead atoms. The number of esters is 1. The Morgan fingerprint density at radius 2 is 1.89 bits per heavy atom. The van der Waals surface area contributed by atoms with Gasteiger partial charge in [-0.2, -0.15) is 0 Å². The van der Waals surface area contributed by atoms with Gasteiger partial charge in [0.1, 0.15) is 17.2 Å². The molecule has 2 atom stereocenters. The number of benzene rings is 1. The second-order valence-corrected chi connectivity index (χ2v) is 11.8. The number of carboxylic acid groups (broad SMARTS) is 1. The van der Waals surface area contributed by atoms with E-state index >= 15 is 0 Å². The third-order valence-electron chi connectivity index (χ3n) is 6.71. The van der Waals surface area contributed by atoms with Gasteiger partial charge in [0.05, 0.1) is 23.8 Å². The number of aromatic carboxylic acids is 1. The lowest BCUT2D eigenvalue weighted by atomic mass is 9.82. The topological polar surface area (TPSA) is 90.7 Å². The normalized spacial score (nSPS) is 21.8. The summed E-state index contributed by atoms with van der Waals surface area (Å²) in [5.41, 5.74) is 0.627. The van der Waals surface area contributed by atoms with Crippen molar-refractivity contribution in [2.24, 2.45) is 5.92 Å². The van der Waals surface area contributed by atoms with Gasteiger partial charge >= 0.3 is 11.9 Å². The van der Waals surface area contributed by atoms with E-state index in [0.29, 0.717) is 17.9 Å². The van der Waals surface area contributed by atoms with Crippen LogP contribution in [0.5, 0.6) is 0 Å². The van der Waals surface area contributed by atoms with Gasteiger partial charge < -0.3 is 19.1 Å². The van der Waals surface area contributed by atoms with Crippen LogP contribution in [0.1, 0.15) is 95.2 Å². The summed E-state index contributed by atoms with van der Waals surface area (Å²) in [4.78, 5) is 29.0. The Labute approximate surface area is 212 Å². The zero-order valence-corrected chi connectivity index (χ0v) is 21.8. The van der Waals surface area contributed by atoms with Gasteiger partial charge in [0.15, 0.2) is 5.69 Å². The highest BCUT2D eigenvalue weighted by Gasteiger charge is 2.38. The molecule has 0 unspecified atom stereocenters. The molecule has 1 saturated heterocycles. The fourth-order valence-electron chi connectivity index (χ4n) is 5.36. The SMILES string of the molecule is CC(C)(C)OC(=O)C[C@H]1C[C@@H](CCn2c(-c3ccc(F)cc3)nc(C(=O)O)c2C2CC2)CC(C)(C)O1. The molecular formula is C28H37FN2O5. The van der Waals surface area contributed by atoms with E-state index in [1.54, 1.807) is 12.1 Å². The van der Waals surface area contributed by atoms with Crippen LogP contribution in [0, 0.1) is 11.7 Å². The van der Waals surface area contributed by atoms with Gasteiger partial charge in [-0.25, -0.2) is 14.2 Å². The molecule has 2 fully saturated rings. The Kier molecular flexibility index (Phi) is 7.28. The first-order valence-electron chi connectivity index (χ1n) is 12.8. The first kappa shape index (κ1) is 26.3. The lowest BCUT2D eigenvalue weighted by Crippen LogP contribution is -2.41. The van der Waals surface area contributed by atoms with Gasteiger partial charge in [-0.1, -0.05) is 0 Å². The van der Waals surface area contributed by atoms with Crippen LogP contribution < -0.4 is 0 Å². The van der Waals surface area contributed by atoms with Crippen molar-refractivity contribution in [3.8, 4) is 11.4 Å². The summed E-state index contributed by atoms with van der Waals surface area (Å²) in [7, 11) is 0. The highest BCUT2D eigenvalue weighted by Crippen LogP contribution is 2.44. The number of halogens is 1. The molecule has 0 spiro atoms. The minimum atomic E-state index is -1.04. The van der Waals surface area contributed by atoms with E-state index in [4.69, 9.17) is 9.47 Å². The minimum Gasteiger partial charge on any atom is -0.476 e. The van der Waals surface area contributed by atoms with Crippen LogP contribution in [0.15, 0.2) is 24.3 Å². The van der Waals surface area contributed by atoms with Gasteiger partial charge in [0, 0.05) is 18.0 Å². The predicted octanol–water partition coefficient (Wildman–Crippen LogP) is 5.96. The van der Waals surface area contributed by atoms with Crippen LogP contribution in [-0.2, 0) is 20.8 Å². The van der Waals surface area contributed by atoms with E-state index in [1.165, 1.54) is 12.1 Å². The number of imidazole rings is 1. The van der Waals surface area contributed by atoms with E-state index in [0.717, 1.165) is 37.8 Å². The summed E-state index contributed by atoms with van der Waals surface area (Å²) in [5, 5.41) is 9.86. The fraction of sp³-hybridized carbons (Fsp3) is 0.607. The standard InChI is InChI=1S/C28H37FN2O5/c1-27(2,3)36-22(32)15-21-14-17(16-28(4,5)35-21)12-13-31-24(18-6-7-18)23(26(33)34)30-25(31)19-8-10-20(29)11-9-19/h8-11,17-18,21H,6-7,12-16H2,1-5H3,(H,33,34)/t17-,21-/m1/s1. The zero-order valence-electron chi connectivity index (χ0n) is 21.8. The third kappa shape index (κ3) is 6.52. The van der Waals surface area contributed by atoms with Crippen LogP contribution in [-0.4, -0.2) is 43.9 Å². The van der Waals surface area contributed by atoms with Crippen LogP contribution in [0.4, 0.5) is 4.39 Å². The molecule has 1 aliphatic carbocycles. The van der Waals surface area contributed by atoms with Crippen LogP contribution in [0.2, 0.25) is 0 Å². The number of nitrogens with zero attached hydrogens (tertiary/aromatic N) is 2. The maximum absolute atomic E-state index is 13.6. The number of aromatic nitrogens is 2. The molecular weight excluding hydrogens is 463 g/mol. The lowest BCUT2D eigenvalue weighted by Gasteiger charge is -2.41. The molecule has 7 nitrogen and oxygen atoms in total. The molecule has 0 amide bonds. The van der Waals surface area contributed by atoms with Crippen LogP contribution >= 0.6 is 0 Å². The number of hydrogen-bond donors (Lipinski definition) is 1. The Balaban J connectivity index is 1.55. The number of ether oxygens (including phenoxy) is 2. The Morgan fingerprint density at radius 3 is 2.47 bits per heavy atom. The van der Waals surface area contributed by atoms with Gasteiger partial charge in [-0.05, 0) is 96.9 Å². The zero-order chi connectivity index (χ0) is 26.3. The minimum absolute atomic E-state index is 0.0898. The van der Waals surface area contributed by atoms with Gasteiger partial charge in [0.2, 0.25) is 0 Å². The Morgan fingerprint density at radius 1 is 1.22 bits per heavy atom. The van der Waals surface area contributed by atoms with Gasteiger partial charge in [0.25, 0.3) is 0 Å². The maximum Gasteiger partial charge on any atom is 0.356 e. The molecule has 1 aliphatic heterocycles. The summed E-state index contributed by atoms with van der Waals surface area (Å²) >= 11 is 0. The first-order valence-corrected chi connectivity index (χ1v) is 12.8. The lowest BCUT2D eigenvalue weighted by molar-refractivity contribution is -0.168. The molecule has 1 N–H and O–H groups in total. The summed E-state index contributed by atoms with van der Waals surface area (Å²) in [5.74, 6) is -0.624. The average Bonchev–Trinajstić information content (AvgIpc) is 3.50. The molecule has 1 aromatic carbocycles. The Bertz CT molecular complexity index is 1110. The highest BCUT2D eigenvalue weighted by molar-refractivity contribution is 5.88. The summed E-state index contributed by atoms with van der Waals surface area (Å²) in [6.45, 7) is 10.2. The third-order valence-corrected chi connectivity index (χ3v) is 6.71. The molecule has 4 rings (SSSR count). The number of carbonyl (C=O) groups excluding carboxylic acids is 1. The summed E-state index contributed by atoms with van der Waals surface area (Å²) in [6, 6.07) is 6.03. The molecule has 2 aromatic rings. The van der Waals surface area contributed by atoms with E-state index < -0.39 is 11.6 Å². The van der Waals surface area contributed by atoms with E-state index in [-0.39, 0.29) is 47.4 Å². The van der Waals surface area contributed by atoms with E-state index in [1.807, 2.05) is 39.2 Å². The van der Waals surface area contributed by atoms with Crippen molar-refractivity contribution in [2.45, 2.75) is 103 Å². The average molecular weight is 501 g/mol. The molecule has 8 heteroatoms. The largest absolute Gasteiger partial charge is 0.476 e. The fourth-order valence-corrected chi connectivity index (χ4v) is 5.36. The quantitative estimate of drug-likeness (QED) is 0.450. The van der Waals surface area contributed by atoms with Crippen molar-refractivity contribution in [3.63, 3.8) is 0 Å². The van der Waals surface area contributed by atoms with E-state index in [2.05, 4.69) is 4.98 Å². The molecule has 2 aliphatic rings. The van der Waals surface area contributed by atoms with Crippen molar-refractivity contribution >= 4 is 11.9 Å². The number of rotatable bonds is 8. The summed E-state index contributed by atoms with van der Waals surface area (Å²) < 4.78 is 27.3. The van der Waals surface area contributed by atoms with E-state index in [9.17, 15) is 19.1 Å². The Hall–Kier alpha value is -2.74. The maximum atomic E-state index is 13.6. The molecule has 2 heterocycles. The molecule has 196 valence electrons. The van der Waals surface area contributed by atoms with Crippen molar-refractivity contribution in [3.05, 3.63) is 41.5 Å². The second kappa shape index (κ2) is 9.96. The second-order valence-electron chi connectivity index (χ2n) is 11.8. The van der Waals surface area contributed by atoms with Crippen molar-refractivity contribution < 1.29 is 28.6 Å². The molecule has 1 saturated carbocycles.